The molecule has 3 nitrogen and oxygen atoms in total. The number of benzene rings is 2. The largest absolute Gasteiger partial charge is 0.312 e. The molecule has 25 heavy (non-hydrogen) atoms. The first kappa shape index (κ1) is 18.0. The summed E-state index contributed by atoms with van der Waals surface area (Å²) in [5, 5.41) is 0. The minimum atomic E-state index is 0. The summed E-state index contributed by atoms with van der Waals surface area (Å²) in [6, 6.07) is 17.0. The molecule has 0 aliphatic carbocycles. The molecule has 4 rings (SSSR count). The van der Waals surface area contributed by atoms with Gasteiger partial charge in [0.15, 0.2) is 0 Å². The van der Waals surface area contributed by atoms with E-state index in [4.69, 9.17) is 0 Å². The van der Waals surface area contributed by atoms with Gasteiger partial charge < -0.3 is 4.90 Å². The summed E-state index contributed by atoms with van der Waals surface area (Å²) in [6.45, 7) is 4.20. The lowest BCUT2D eigenvalue weighted by molar-refractivity contribution is -0.117. The first-order valence-electron chi connectivity index (χ1n) is 8.99. The Balaban J connectivity index is 0.00000182. The molecule has 0 unspecified atom stereocenters. The third-order valence-electron chi connectivity index (χ3n) is 5.24. The van der Waals surface area contributed by atoms with Crippen LogP contribution in [0.2, 0.25) is 0 Å². The van der Waals surface area contributed by atoms with Gasteiger partial charge in [-0.25, -0.2) is 0 Å². The number of amides is 1. The average molecular weight is 357 g/mol. The molecule has 0 saturated carbocycles. The highest BCUT2D eigenvalue weighted by atomic mass is 35.5. The molecule has 0 fully saturated rings. The van der Waals surface area contributed by atoms with E-state index >= 15 is 0 Å². The number of para-hydroxylation sites is 1. The van der Waals surface area contributed by atoms with E-state index in [1.54, 1.807) is 0 Å². The molecule has 1 amide bonds. The zero-order chi connectivity index (χ0) is 16.4. The van der Waals surface area contributed by atoms with Crippen LogP contribution in [0.1, 0.15) is 29.5 Å². The van der Waals surface area contributed by atoms with E-state index in [1.165, 1.54) is 16.7 Å². The van der Waals surface area contributed by atoms with Crippen LogP contribution >= 0.6 is 12.4 Å². The van der Waals surface area contributed by atoms with Crippen molar-refractivity contribution in [3.05, 3.63) is 65.2 Å². The van der Waals surface area contributed by atoms with E-state index in [0.717, 1.165) is 51.1 Å². The lowest BCUT2D eigenvalue weighted by atomic mass is 10.00. The summed E-state index contributed by atoms with van der Waals surface area (Å²) >= 11 is 0. The van der Waals surface area contributed by atoms with Gasteiger partial charge in [0, 0.05) is 25.3 Å². The number of carbonyl (C=O) groups excluding carboxylic acids is 1. The number of hydrogen-bond acceptors (Lipinski definition) is 2. The quantitative estimate of drug-likeness (QED) is 0.760. The van der Waals surface area contributed by atoms with Crippen molar-refractivity contribution in [2.24, 2.45) is 0 Å². The number of nitrogens with zero attached hydrogens (tertiary/aromatic N) is 2. The SMILES string of the molecule is Cl.O=C1Cc2ccccc2N1CCCCN1CCc2ccccc2C1. The zero-order valence-corrected chi connectivity index (χ0v) is 15.3. The highest BCUT2D eigenvalue weighted by molar-refractivity contribution is 6.01. The fourth-order valence-corrected chi connectivity index (χ4v) is 3.91. The molecule has 4 heteroatoms. The van der Waals surface area contributed by atoms with Crippen LogP contribution in [0.3, 0.4) is 0 Å². The molecular weight excluding hydrogens is 332 g/mol. The van der Waals surface area contributed by atoms with Crippen molar-refractivity contribution in [1.29, 1.82) is 0 Å². The Kier molecular flexibility index (Phi) is 5.77. The Hall–Kier alpha value is -1.84. The van der Waals surface area contributed by atoms with Crippen molar-refractivity contribution in [2.75, 3.05) is 24.5 Å². The van der Waals surface area contributed by atoms with Gasteiger partial charge in [-0.1, -0.05) is 42.5 Å². The standard InChI is InChI=1S/C21H24N2O.ClH/c24-21-15-18-8-3-4-10-20(18)23(21)13-6-5-12-22-14-11-17-7-1-2-9-19(17)16-22;/h1-4,7-10H,5-6,11-16H2;1H. The summed E-state index contributed by atoms with van der Waals surface area (Å²) in [6.07, 6.45) is 3.94. The van der Waals surface area contributed by atoms with Crippen LogP contribution in [-0.2, 0) is 24.2 Å². The molecule has 2 aromatic rings. The maximum absolute atomic E-state index is 12.2. The van der Waals surface area contributed by atoms with Gasteiger partial charge in [-0.3, -0.25) is 9.69 Å². The Morgan fingerprint density at radius 3 is 2.36 bits per heavy atom. The molecule has 0 atom stereocenters. The van der Waals surface area contributed by atoms with Crippen molar-refractivity contribution in [3.8, 4) is 0 Å². The highest BCUT2D eigenvalue weighted by Gasteiger charge is 2.26. The van der Waals surface area contributed by atoms with Gasteiger partial charge in [0.2, 0.25) is 5.91 Å². The molecule has 2 aliphatic rings. The summed E-state index contributed by atoms with van der Waals surface area (Å²) in [7, 11) is 0. The van der Waals surface area contributed by atoms with Crippen molar-refractivity contribution >= 4 is 24.0 Å². The van der Waals surface area contributed by atoms with E-state index < -0.39 is 0 Å². The van der Waals surface area contributed by atoms with E-state index in [0.29, 0.717) is 6.42 Å². The van der Waals surface area contributed by atoms with Gasteiger partial charge in [-0.2, -0.15) is 0 Å². The van der Waals surface area contributed by atoms with E-state index in [2.05, 4.69) is 41.3 Å². The van der Waals surface area contributed by atoms with E-state index in [-0.39, 0.29) is 18.3 Å². The maximum Gasteiger partial charge on any atom is 0.231 e. The van der Waals surface area contributed by atoms with Crippen LogP contribution in [0.5, 0.6) is 0 Å². The van der Waals surface area contributed by atoms with Crippen LogP contribution in [0.15, 0.2) is 48.5 Å². The second-order valence-electron chi connectivity index (χ2n) is 6.85. The molecule has 0 bridgehead atoms. The Morgan fingerprint density at radius 2 is 1.52 bits per heavy atom. The minimum absolute atomic E-state index is 0. The second kappa shape index (κ2) is 8.03. The summed E-state index contributed by atoms with van der Waals surface area (Å²) in [5.41, 5.74) is 5.28. The average Bonchev–Trinajstić information content (AvgIpc) is 2.94. The summed E-state index contributed by atoms with van der Waals surface area (Å²) in [4.78, 5) is 16.7. The number of unbranched alkanes of at least 4 members (excludes halogenated alkanes) is 1. The lowest BCUT2D eigenvalue weighted by Gasteiger charge is -2.29. The van der Waals surface area contributed by atoms with Crippen LogP contribution < -0.4 is 4.90 Å². The number of halogens is 1. The molecule has 0 aromatic heterocycles. The van der Waals surface area contributed by atoms with Crippen molar-refractivity contribution < 1.29 is 4.79 Å². The van der Waals surface area contributed by atoms with Crippen molar-refractivity contribution in [2.45, 2.75) is 32.2 Å². The predicted octanol–water partition coefficient (Wildman–Crippen LogP) is 3.84. The Labute approximate surface area is 156 Å². The van der Waals surface area contributed by atoms with E-state index in [1.807, 2.05) is 17.0 Å². The highest BCUT2D eigenvalue weighted by Crippen LogP contribution is 2.28. The first-order chi connectivity index (χ1) is 11.8. The molecule has 0 spiro atoms. The van der Waals surface area contributed by atoms with Gasteiger partial charge in [0.25, 0.3) is 0 Å². The topological polar surface area (TPSA) is 23.6 Å². The normalized spacial score (nSPS) is 16.3. The van der Waals surface area contributed by atoms with Crippen molar-refractivity contribution in [3.63, 3.8) is 0 Å². The number of hydrogen-bond donors (Lipinski definition) is 0. The summed E-state index contributed by atoms with van der Waals surface area (Å²) in [5.74, 6) is 0.253. The van der Waals surface area contributed by atoms with Gasteiger partial charge >= 0.3 is 0 Å². The number of rotatable bonds is 5. The van der Waals surface area contributed by atoms with E-state index in [9.17, 15) is 4.79 Å². The Bertz CT molecular complexity index is 746. The molecular formula is C21H25ClN2O. The van der Waals surface area contributed by atoms with Gasteiger partial charge in [-0.15, -0.1) is 12.4 Å². The zero-order valence-electron chi connectivity index (χ0n) is 14.5. The molecule has 2 heterocycles. The molecule has 132 valence electrons. The number of anilines is 1. The van der Waals surface area contributed by atoms with Gasteiger partial charge in [0.05, 0.1) is 6.42 Å². The number of fused-ring (bicyclic) bond motifs is 2. The smallest absolute Gasteiger partial charge is 0.231 e. The van der Waals surface area contributed by atoms with Crippen LogP contribution in [0.4, 0.5) is 5.69 Å². The molecule has 0 radical (unpaired) electrons. The van der Waals surface area contributed by atoms with Gasteiger partial charge in [0.1, 0.15) is 0 Å². The third-order valence-corrected chi connectivity index (χ3v) is 5.24. The predicted molar refractivity (Wildman–Crippen MR) is 104 cm³/mol. The van der Waals surface area contributed by atoms with Crippen LogP contribution in [0.25, 0.3) is 0 Å². The number of carbonyl (C=O) groups is 1. The minimum Gasteiger partial charge on any atom is -0.312 e. The van der Waals surface area contributed by atoms with Crippen molar-refractivity contribution in [1.82, 2.24) is 4.90 Å². The fraction of sp³-hybridized carbons (Fsp3) is 0.381. The van der Waals surface area contributed by atoms with Crippen LogP contribution in [0, 0.1) is 0 Å². The maximum atomic E-state index is 12.2. The molecule has 2 aliphatic heterocycles. The first-order valence-corrected chi connectivity index (χ1v) is 8.99. The molecule has 0 saturated heterocycles. The fourth-order valence-electron chi connectivity index (χ4n) is 3.91. The monoisotopic (exact) mass is 356 g/mol. The second-order valence-corrected chi connectivity index (χ2v) is 6.85. The third kappa shape index (κ3) is 3.88. The summed E-state index contributed by atoms with van der Waals surface area (Å²) < 4.78 is 0. The Morgan fingerprint density at radius 1 is 0.840 bits per heavy atom. The molecule has 2 aromatic carbocycles. The molecule has 0 N–H and O–H groups in total. The van der Waals surface area contributed by atoms with Crippen LogP contribution in [-0.4, -0.2) is 30.4 Å². The lowest BCUT2D eigenvalue weighted by Crippen LogP contribution is -2.32. The van der Waals surface area contributed by atoms with Gasteiger partial charge in [-0.05, 0) is 48.6 Å².